The standard InChI is InChI=1S/C13H17ClN2O/c1-13(2)7-9(13)12(17)16(3)11-6-8(14)4-5-10(11)15/h4-6,9H,7,15H2,1-3H3. The second-order valence-corrected chi connectivity index (χ2v) is 5.78. The van der Waals surface area contributed by atoms with Crippen LogP contribution in [0.1, 0.15) is 20.3 Å². The fourth-order valence-electron chi connectivity index (χ4n) is 2.05. The minimum absolute atomic E-state index is 0.103. The molecule has 4 heteroatoms. The topological polar surface area (TPSA) is 46.3 Å². The van der Waals surface area contributed by atoms with Crippen LogP contribution in [0.2, 0.25) is 5.02 Å². The van der Waals surface area contributed by atoms with E-state index in [1.165, 1.54) is 0 Å². The van der Waals surface area contributed by atoms with Crippen molar-refractivity contribution in [1.29, 1.82) is 0 Å². The number of nitrogens with zero attached hydrogens (tertiary/aromatic N) is 1. The number of rotatable bonds is 2. The molecule has 1 amide bonds. The summed E-state index contributed by atoms with van der Waals surface area (Å²) in [6.45, 7) is 4.20. The Balaban J connectivity index is 2.22. The van der Waals surface area contributed by atoms with Crippen LogP contribution < -0.4 is 10.6 Å². The lowest BCUT2D eigenvalue weighted by atomic mass is 10.1. The Morgan fingerprint density at radius 1 is 1.53 bits per heavy atom. The monoisotopic (exact) mass is 252 g/mol. The van der Waals surface area contributed by atoms with E-state index < -0.39 is 0 Å². The van der Waals surface area contributed by atoms with E-state index >= 15 is 0 Å². The van der Waals surface area contributed by atoms with Crippen LogP contribution in [0.5, 0.6) is 0 Å². The highest BCUT2D eigenvalue weighted by molar-refractivity contribution is 6.31. The Morgan fingerprint density at radius 3 is 2.65 bits per heavy atom. The Hall–Kier alpha value is -1.22. The van der Waals surface area contributed by atoms with Gasteiger partial charge in [0.2, 0.25) is 5.91 Å². The van der Waals surface area contributed by atoms with E-state index in [-0.39, 0.29) is 17.2 Å². The van der Waals surface area contributed by atoms with Gasteiger partial charge in [-0.2, -0.15) is 0 Å². The molecule has 0 radical (unpaired) electrons. The van der Waals surface area contributed by atoms with Gasteiger partial charge in [-0.1, -0.05) is 25.4 Å². The number of hydrogen-bond donors (Lipinski definition) is 1. The molecule has 0 aromatic heterocycles. The molecule has 0 bridgehead atoms. The highest BCUT2D eigenvalue weighted by Crippen LogP contribution is 2.52. The molecule has 1 fully saturated rings. The van der Waals surface area contributed by atoms with Crippen molar-refractivity contribution >= 4 is 28.9 Å². The fourth-order valence-corrected chi connectivity index (χ4v) is 2.21. The molecule has 1 aromatic rings. The fraction of sp³-hybridized carbons (Fsp3) is 0.462. The van der Waals surface area contributed by atoms with Crippen molar-refractivity contribution in [2.45, 2.75) is 20.3 Å². The average molecular weight is 253 g/mol. The van der Waals surface area contributed by atoms with Gasteiger partial charge in [0, 0.05) is 18.0 Å². The third-order valence-corrected chi connectivity index (χ3v) is 3.73. The Morgan fingerprint density at radius 2 is 2.12 bits per heavy atom. The summed E-state index contributed by atoms with van der Waals surface area (Å²) in [4.78, 5) is 13.8. The van der Waals surface area contributed by atoms with Crippen molar-refractivity contribution in [2.24, 2.45) is 11.3 Å². The Bertz CT molecular complexity index is 470. The van der Waals surface area contributed by atoms with Crippen LogP contribution in [-0.4, -0.2) is 13.0 Å². The molecule has 17 heavy (non-hydrogen) atoms. The van der Waals surface area contributed by atoms with E-state index in [0.717, 1.165) is 6.42 Å². The number of benzene rings is 1. The quantitative estimate of drug-likeness (QED) is 0.823. The summed E-state index contributed by atoms with van der Waals surface area (Å²) >= 11 is 5.92. The first kappa shape index (κ1) is 12.2. The van der Waals surface area contributed by atoms with Gasteiger partial charge in [0.25, 0.3) is 0 Å². The first-order chi connectivity index (χ1) is 7.83. The van der Waals surface area contributed by atoms with Gasteiger partial charge >= 0.3 is 0 Å². The number of hydrogen-bond acceptors (Lipinski definition) is 2. The van der Waals surface area contributed by atoms with Gasteiger partial charge in [0.15, 0.2) is 0 Å². The third kappa shape index (κ3) is 2.25. The molecule has 1 saturated carbocycles. The molecule has 1 aliphatic rings. The minimum Gasteiger partial charge on any atom is -0.397 e. The zero-order valence-electron chi connectivity index (χ0n) is 10.3. The predicted molar refractivity (Wildman–Crippen MR) is 71.2 cm³/mol. The molecule has 2 N–H and O–H groups in total. The highest BCUT2D eigenvalue weighted by Gasteiger charge is 2.51. The first-order valence-corrected chi connectivity index (χ1v) is 6.03. The molecule has 1 aromatic carbocycles. The van der Waals surface area contributed by atoms with Gasteiger partial charge in [-0.05, 0) is 30.0 Å². The minimum atomic E-state index is 0.103. The van der Waals surface area contributed by atoms with Gasteiger partial charge < -0.3 is 10.6 Å². The van der Waals surface area contributed by atoms with Crippen molar-refractivity contribution in [2.75, 3.05) is 17.7 Å². The molecule has 92 valence electrons. The Labute approximate surface area is 107 Å². The van der Waals surface area contributed by atoms with Crippen molar-refractivity contribution in [1.82, 2.24) is 0 Å². The second kappa shape index (κ2) is 3.91. The number of amides is 1. The van der Waals surface area contributed by atoms with E-state index in [2.05, 4.69) is 13.8 Å². The third-order valence-electron chi connectivity index (χ3n) is 3.50. The molecule has 0 heterocycles. The van der Waals surface area contributed by atoms with E-state index in [1.807, 2.05) is 0 Å². The second-order valence-electron chi connectivity index (χ2n) is 5.35. The maximum atomic E-state index is 12.2. The number of nitrogens with two attached hydrogens (primary N) is 1. The van der Waals surface area contributed by atoms with Gasteiger partial charge in [-0.15, -0.1) is 0 Å². The van der Waals surface area contributed by atoms with Crippen molar-refractivity contribution in [3.05, 3.63) is 23.2 Å². The average Bonchev–Trinajstić information content (AvgIpc) is 2.89. The summed E-state index contributed by atoms with van der Waals surface area (Å²) in [7, 11) is 1.75. The van der Waals surface area contributed by atoms with Crippen molar-refractivity contribution < 1.29 is 4.79 Å². The lowest BCUT2D eigenvalue weighted by Crippen LogP contribution is -2.29. The maximum Gasteiger partial charge on any atom is 0.230 e. The van der Waals surface area contributed by atoms with Gasteiger partial charge in [-0.3, -0.25) is 4.79 Å². The smallest absolute Gasteiger partial charge is 0.230 e. The van der Waals surface area contributed by atoms with Crippen molar-refractivity contribution in [3.63, 3.8) is 0 Å². The molecule has 3 nitrogen and oxygen atoms in total. The summed E-state index contributed by atoms with van der Waals surface area (Å²) in [6.07, 6.45) is 0.941. The molecule has 0 spiro atoms. The lowest BCUT2D eigenvalue weighted by molar-refractivity contribution is -0.120. The number of nitrogen functional groups attached to an aromatic ring is 1. The number of carbonyl (C=O) groups is 1. The van der Waals surface area contributed by atoms with E-state index in [1.54, 1.807) is 30.1 Å². The van der Waals surface area contributed by atoms with Crippen molar-refractivity contribution in [3.8, 4) is 0 Å². The lowest BCUT2D eigenvalue weighted by Gasteiger charge is -2.20. The zero-order chi connectivity index (χ0) is 12.8. The van der Waals surface area contributed by atoms with E-state index in [0.29, 0.717) is 16.4 Å². The van der Waals surface area contributed by atoms with Crippen LogP contribution in [0.3, 0.4) is 0 Å². The summed E-state index contributed by atoms with van der Waals surface area (Å²) in [5, 5.41) is 0.587. The first-order valence-electron chi connectivity index (χ1n) is 5.65. The number of anilines is 2. The number of halogens is 1. The van der Waals surface area contributed by atoms with Crippen LogP contribution in [-0.2, 0) is 4.79 Å². The summed E-state index contributed by atoms with van der Waals surface area (Å²) in [6, 6.07) is 5.17. The molecular formula is C13H17ClN2O. The number of carbonyl (C=O) groups excluding carboxylic acids is 1. The summed E-state index contributed by atoms with van der Waals surface area (Å²) < 4.78 is 0. The molecule has 1 aliphatic carbocycles. The zero-order valence-corrected chi connectivity index (χ0v) is 11.1. The molecular weight excluding hydrogens is 236 g/mol. The largest absolute Gasteiger partial charge is 0.397 e. The van der Waals surface area contributed by atoms with Crippen LogP contribution in [0, 0.1) is 11.3 Å². The van der Waals surface area contributed by atoms with Crippen LogP contribution >= 0.6 is 11.6 Å². The normalized spacial score (nSPS) is 21.1. The van der Waals surface area contributed by atoms with E-state index in [4.69, 9.17) is 17.3 Å². The molecule has 1 atom stereocenters. The summed E-state index contributed by atoms with van der Waals surface area (Å²) in [5.74, 6) is 0.217. The molecule has 2 rings (SSSR count). The van der Waals surface area contributed by atoms with Gasteiger partial charge in [0.05, 0.1) is 11.4 Å². The van der Waals surface area contributed by atoms with Crippen LogP contribution in [0.15, 0.2) is 18.2 Å². The van der Waals surface area contributed by atoms with Gasteiger partial charge in [-0.25, -0.2) is 0 Å². The predicted octanol–water partition coefficient (Wildman–Crippen LogP) is 2.93. The van der Waals surface area contributed by atoms with Crippen LogP contribution in [0.25, 0.3) is 0 Å². The summed E-state index contributed by atoms with van der Waals surface area (Å²) in [5.41, 5.74) is 7.25. The highest BCUT2D eigenvalue weighted by atomic mass is 35.5. The van der Waals surface area contributed by atoms with E-state index in [9.17, 15) is 4.79 Å². The SMILES string of the molecule is CN(C(=O)C1CC1(C)C)c1cc(Cl)ccc1N. The van der Waals surface area contributed by atoms with Gasteiger partial charge in [0.1, 0.15) is 0 Å². The molecule has 0 aliphatic heterocycles. The Kier molecular flexibility index (Phi) is 2.82. The molecule has 0 saturated heterocycles. The van der Waals surface area contributed by atoms with Crippen LogP contribution in [0.4, 0.5) is 11.4 Å². The molecule has 1 unspecified atom stereocenters. The maximum absolute atomic E-state index is 12.2.